The van der Waals surface area contributed by atoms with E-state index in [9.17, 15) is 0 Å². The van der Waals surface area contributed by atoms with Gasteiger partial charge >= 0.3 is 0 Å². The molecule has 0 aliphatic rings. The zero-order valence-electron chi connectivity index (χ0n) is 5.56. The van der Waals surface area contributed by atoms with Gasteiger partial charge in [-0.05, 0) is 11.6 Å². The van der Waals surface area contributed by atoms with Crippen LogP contribution in [0.5, 0.6) is 0 Å². The highest BCUT2D eigenvalue weighted by Gasteiger charge is 2.03. The molecule has 55 valence electrons. The number of benzene rings is 1. The SMILES string of the molecule is N#Cc1[c]ccc(Br)c1CBr. The summed E-state index contributed by atoms with van der Waals surface area (Å²) in [6.07, 6.45) is 0. The van der Waals surface area contributed by atoms with E-state index in [1.807, 2.05) is 6.07 Å². The first kappa shape index (κ1) is 8.76. The van der Waals surface area contributed by atoms with E-state index in [0.29, 0.717) is 10.9 Å². The fraction of sp³-hybridized carbons (Fsp3) is 0.125. The van der Waals surface area contributed by atoms with Crippen LogP contribution in [-0.2, 0) is 5.33 Å². The van der Waals surface area contributed by atoms with Crippen LogP contribution in [0.2, 0.25) is 0 Å². The van der Waals surface area contributed by atoms with Crippen LogP contribution >= 0.6 is 31.9 Å². The summed E-state index contributed by atoms with van der Waals surface area (Å²) >= 11 is 6.65. The summed E-state index contributed by atoms with van der Waals surface area (Å²) in [4.78, 5) is 0. The van der Waals surface area contributed by atoms with Gasteiger partial charge in [-0.25, -0.2) is 0 Å². The van der Waals surface area contributed by atoms with Gasteiger partial charge in [-0.15, -0.1) is 0 Å². The number of nitrogens with zero attached hydrogens (tertiary/aromatic N) is 1. The molecule has 0 saturated carbocycles. The molecule has 0 amide bonds. The number of hydrogen-bond acceptors (Lipinski definition) is 1. The van der Waals surface area contributed by atoms with Gasteiger partial charge in [0.1, 0.15) is 6.07 Å². The van der Waals surface area contributed by atoms with Crippen LogP contribution in [0, 0.1) is 17.4 Å². The Morgan fingerprint density at radius 1 is 1.64 bits per heavy atom. The minimum atomic E-state index is 0.594. The van der Waals surface area contributed by atoms with Crippen LogP contribution in [0.25, 0.3) is 0 Å². The number of halogens is 2. The molecule has 0 aliphatic carbocycles. The number of rotatable bonds is 1. The largest absolute Gasteiger partial charge is 0.192 e. The van der Waals surface area contributed by atoms with Crippen molar-refractivity contribution in [1.29, 1.82) is 5.26 Å². The summed E-state index contributed by atoms with van der Waals surface area (Å²) in [7, 11) is 0. The van der Waals surface area contributed by atoms with E-state index in [1.54, 1.807) is 6.07 Å². The first-order chi connectivity index (χ1) is 5.29. The third-order valence-corrected chi connectivity index (χ3v) is 2.60. The van der Waals surface area contributed by atoms with E-state index in [1.165, 1.54) is 0 Å². The summed E-state index contributed by atoms with van der Waals surface area (Å²) < 4.78 is 0.949. The third kappa shape index (κ3) is 1.82. The molecule has 0 aromatic heterocycles. The monoisotopic (exact) mass is 272 g/mol. The lowest BCUT2D eigenvalue weighted by molar-refractivity contribution is 1.34. The molecule has 1 nitrogen and oxygen atoms in total. The maximum atomic E-state index is 8.65. The van der Waals surface area contributed by atoms with Gasteiger partial charge in [0, 0.05) is 15.9 Å². The molecule has 1 aromatic carbocycles. The van der Waals surface area contributed by atoms with Crippen molar-refractivity contribution in [2.45, 2.75) is 5.33 Å². The van der Waals surface area contributed by atoms with E-state index >= 15 is 0 Å². The Hall–Kier alpha value is -0.330. The highest BCUT2D eigenvalue weighted by atomic mass is 79.9. The summed E-state index contributed by atoms with van der Waals surface area (Å²) in [6, 6.07) is 8.53. The average Bonchev–Trinajstić information content (AvgIpc) is 2.04. The number of hydrogen-bond donors (Lipinski definition) is 0. The molecular weight excluding hydrogens is 270 g/mol. The third-order valence-electron chi connectivity index (χ3n) is 1.29. The minimum Gasteiger partial charge on any atom is -0.192 e. The van der Waals surface area contributed by atoms with Crippen molar-refractivity contribution in [3.05, 3.63) is 33.8 Å². The number of nitriles is 1. The zero-order valence-corrected chi connectivity index (χ0v) is 8.74. The Morgan fingerprint density at radius 3 is 2.82 bits per heavy atom. The predicted molar refractivity (Wildman–Crippen MR) is 50.3 cm³/mol. The van der Waals surface area contributed by atoms with Crippen LogP contribution in [0.15, 0.2) is 16.6 Å². The molecule has 0 fully saturated rings. The second kappa shape index (κ2) is 3.89. The van der Waals surface area contributed by atoms with E-state index in [4.69, 9.17) is 5.26 Å². The summed E-state index contributed by atoms with van der Waals surface area (Å²) in [6.45, 7) is 0. The molecule has 11 heavy (non-hydrogen) atoms. The van der Waals surface area contributed by atoms with Crippen molar-refractivity contribution >= 4 is 31.9 Å². The molecule has 0 bridgehead atoms. The Balaban J connectivity index is 3.27. The molecule has 0 heterocycles. The van der Waals surface area contributed by atoms with Crippen molar-refractivity contribution in [2.24, 2.45) is 0 Å². The normalized spacial score (nSPS) is 9.18. The Bertz CT molecular complexity index is 301. The van der Waals surface area contributed by atoms with E-state index < -0.39 is 0 Å². The second-order valence-corrected chi connectivity index (χ2v) is 3.34. The molecule has 0 N–H and O–H groups in total. The van der Waals surface area contributed by atoms with Crippen LogP contribution in [-0.4, -0.2) is 0 Å². The van der Waals surface area contributed by atoms with Crippen molar-refractivity contribution in [3.8, 4) is 6.07 Å². The van der Waals surface area contributed by atoms with E-state index in [0.717, 1.165) is 10.0 Å². The highest BCUT2D eigenvalue weighted by molar-refractivity contribution is 9.10. The predicted octanol–water partition coefficient (Wildman–Crippen LogP) is 3.02. The molecule has 0 atom stereocenters. The van der Waals surface area contributed by atoms with Gasteiger partial charge in [0.2, 0.25) is 0 Å². The maximum Gasteiger partial charge on any atom is 0.100 e. The highest BCUT2D eigenvalue weighted by Crippen LogP contribution is 2.21. The molecule has 1 rings (SSSR count). The van der Waals surface area contributed by atoms with Gasteiger partial charge in [0.05, 0.1) is 5.56 Å². The van der Waals surface area contributed by atoms with Crippen LogP contribution in [0.4, 0.5) is 0 Å². The molecule has 0 saturated heterocycles. The van der Waals surface area contributed by atoms with Crippen molar-refractivity contribution in [3.63, 3.8) is 0 Å². The lowest BCUT2D eigenvalue weighted by Gasteiger charge is -2.00. The fourth-order valence-electron chi connectivity index (χ4n) is 0.736. The van der Waals surface area contributed by atoms with E-state index in [-0.39, 0.29) is 0 Å². The molecule has 1 aromatic rings. The first-order valence-corrected chi connectivity index (χ1v) is 4.86. The van der Waals surface area contributed by atoms with Crippen LogP contribution in [0.1, 0.15) is 11.1 Å². The number of alkyl halides is 1. The van der Waals surface area contributed by atoms with E-state index in [2.05, 4.69) is 44.0 Å². The molecule has 1 radical (unpaired) electrons. The van der Waals surface area contributed by atoms with Crippen molar-refractivity contribution < 1.29 is 0 Å². The molecule has 0 unspecified atom stereocenters. The smallest absolute Gasteiger partial charge is 0.100 e. The lowest BCUT2D eigenvalue weighted by atomic mass is 10.1. The quantitative estimate of drug-likeness (QED) is 0.722. The van der Waals surface area contributed by atoms with Gasteiger partial charge in [0.25, 0.3) is 0 Å². The van der Waals surface area contributed by atoms with Gasteiger partial charge in [-0.1, -0.05) is 37.9 Å². The van der Waals surface area contributed by atoms with Gasteiger partial charge < -0.3 is 0 Å². The average molecular weight is 274 g/mol. The van der Waals surface area contributed by atoms with Gasteiger partial charge in [-0.3, -0.25) is 0 Å². The standard InChI is InChI=1S/C8H4Br2N/c9-4-7-6(5-11)2-1-3-8(7)10/h1,3H,4H2. The molecule has 3 heteroatoms. The second-order valence-electron chi connectivity index (χ2n) is 1.92. The summed E-state index contributed by atoms with van der Waals surface area (Å²) in [5.74, 6) is 0. The molecular formula is C8H4Br2N. The fourth-order valence-corrected chi connectivity index (χ4v) is 2.16. The Kier molecular flexibility index (Phi) is 3.10. The van der Waals surface area contributed by atoms with Crippen LogP contribution < -0.4 is 0 Å². The summed E-state index contributed by atoms with van der Waals surface area (Å²) in [5, 5.41) is 9.33. The molecule has 0 aliphatic heterocycles. The van der Waals surface area contributed by atoms with Gasteiger partial charge in [0.15, 0.2) is 0 Å². The zero-order chi connectivity index (χ0) is 8.27. The van der Waals surface area contributed by atoms with Crippen molar-refractivity contribution in [1.82, 2.24) is 0 Å². The van der Waals surface area contributed by atoms with Crippen LogP contribution in [0.3, 0.4) is 0 Å². The van der Waals surface area contributed by atoms with Gasteiger partial charge in [-0.2, -0.15) is 5.26 Å². The lowest BCUT2D eigenvalue weighted by Crippen LogP contribution is -1.86. The Labute approximate surface area is 82.3 Å². The molecule has 0 spiro atoms. The Morgan fingerprint density at radius 2 is 2.36 bits per heavy atom. The minimum absolute atomic E-state index is 0.594. The first-order valence-electron chi connectivity index (χ1n) is 2.94. The summed E-state index contributed by atoms with van der Waals surface area (Å²) in [5.41, 5.74) is 1.55. The maximum absolute atomic E-state index is 8.65. The topological polar surface area (TPSA) is 23.8 Å². The van der Waals surface area contributed by atoms with Crippen molar-refractivity contribution in [2.75, 3.05) is 0 Å².